The molecule has 0 bridgehead atoms. The fraction of sp³-hybridized carbons (Fsp3) is 0.154. The lowest BCUT2D eigenvalue weighted by Gasteiger charge is -2.17. The average Bonchev–Trinajstić information content (AvgIpc) is 3.41. The lowest BCUT2D eigenvalue weighted by Crippen LogP contribution is -2.22. The van der Waals surface area contributed by atoms with Crippen molar-refractivity contribution in [3.63, 3.8) is 0 Å². The van der Waals surface area contributed by atoms with E-state index in [4.69, 9.17) is 0 Å². The number of aryl methyl sites for hydroxylation is 1. The summed E-state index contributed by atoms with van der Waals surface area (Å²) in [5.41, 5.74) is 6.09. The molecule has 0 saturated heterocycles. The van der Waals surface area contributed by atoms with Crippen molar-refractivity contribution in [1.82, 2.24) is 4.57 Å². The van der Waals surface area contributed by atoms with Crippen LogP contribution in [0.25, 0.3) is 0 Å². The lowest BCUT2D eigenvalue weighted by atomic mass is 10.0. The zero-order chi connectivity index (χ0) is 22.2. The second-order valence-electron chi connectivity index (χ2n) is 8.06. The van der Waals surface area contributed by atoms with E-state index >= 15 is 0 Å². The highest BCUT2D eigenvalue weighted by Crippen LogP contribution is 2.34. The summed E-state index contributed by atoms with van der Waals surface area (Å²) < 4.78 is 2.12. The Morgan fingerprint density at radius 2 is 1.84 bits per heavy atom. The molecule has 0 saturated carbocycles. The maximum absolute atomic E-state index is 13.4. The van der Waals surface area contributed by atoms with Crippen LogP contribution in [-0.2, 0) is 6.54 Å². The van der Waals surface area contributed by atoms with Crippen LogP contribution in [0.5, 0.6) is 0 Å². The highest BCUT2D eigenvalue weighted by atomic mass is 32.1. The number of fused-ring (bicyclic) bond motifs is 2. The second kappa shape index (κ2) is 8.13. The van der Waals surface area contributed by atoms with Crippen molar-refractivity contribution in [3.8, 4) is 0 Å². The molecule has 1 aliphatic heterocycles. The molecule has 1 amide bonds. The number of anilines is 2. The fourth-order valence-corrected chi connectivity index (χ4v) is 4.93. The zero-order valence-electron chi connectivity index (χ0n) is 17.9. The third kappa shape index (κ3) is 3.63. The summed E-state index contributed by atoms with van der Waals surface area (Å²) in [6, 6.07) is 18.4. The Labute approximate surface area is 190 Å². The molecule has 2 N–H and O–H groups in total. The first-order chi connectivity index (χ1) is 15.5. The van der Waals surface area contributed by atoms with Crippen LogP contribution in [0.4, 0.5) is 10.7 Å². The summed E-state index contributed by atoms with van der Waals surface area (Å²) in [6.45, 7) is 4.69. The largest absolute Gasteiger partial charge is 0.362 e. The van der Waals surface area contributed by atoms with Gasteiger partial charge < -0.3 is 15.2 Å². The third-order valence-corrected chi connectivity index (χ3v) is 6.95. The first-order valence-corrected chi connectivity index (χ1v) is 11.4. The molecular weight excluding hydrogens is 418 g/mol. The number of benzene rings is 2. The van der Waals surface area contributed by atoms with Crippen molar-refractivity contribution in [2.24, 2.45) is 0 Å². The number of hydrogen-bond donors (Lipinski definition) is 2. The molecule has 2 aromatic heterocycles. The SMILES string of the molecule is Cc1cccc(C(=O)Nc2ccc(C(=O)C3Nc4sccc4Cn4cccc43)cc2)c1C. The van der Waals surface area contributed by atoms with E-state index in [0.717, 1.165) is 28.4 Å². The van der Waals surface area contributed by atoms with Crippen LogP contribution in [0.2, 0.25) is 0 Å². The van der Waals surface area contributed by atoms with Crippen LogP contribution in [0.15, 0.2) is 72.2 Å². The van der Waals surface area contributed by atoms with Crippen molar-refractivity contribution in [2.45, 2.75) is 26.4 Å². The van der Waals surface area contributed by atoms with E-state index in [1.165, 1.54) is 5.56 Å². The Kier molecular flexibility index (Phi) is 5.15. The summed E-state index contributed by atoms with van der Waals surface area (Å²) >= 11 is 1.61. The number of carbonyl (C=O) groups is 2. The van der Waals surface area contributed by atoms with Gasteiger partial charge in [0.2, 0.25) is 0 Å². The molecule has 6 heteroatoms. The normalized spacial score (nSPS) is 14.6. The summed E-state index contributed by atoms with van der Waals surface area (Å²) in [5, 5.41) is 9.45. The highest BCUT2D eigenvalue weighted by Gasteiger charge is 2.28. The number of carbonyl (C=O) groups excluding carboxylic acids is 2. The van der Waals surface area contributed by atoms with Crippen molar-refractivity contribution >= 4 is 33.7 Å². The molecular formula is C26H23N3O2S. The maximum Gasteiger partial charge on any atom is 0.255 e. The zero-order valence-corrected chi connectivity index (χ0v) is 18.7. The van der Waals surface area contributed by atoms with Gasteiger partial charge in [-0.2, -0.15) is 0 Å². The number of Topliss-reactive ketones (excluding diaryl/α,β-unsaturated/α-hetero) is 1. The molecule has 0 radical (unpaired) electrons. The van der Waals surface area contributed by atoms with Gasteiger partial charge in [0.1, 0.15) is 6.04 Å². The smallest absolute Gasteiger partial charge is 0.255 e. The molecule has 2 aromatic carbocycles. The number of thiophene rings is 1. The Balaban J connectivity index is 1.37. The standard InChI is InChI=1S/C26H23N3O2S/c1-16-5-3-6-21(17(16)2)25(31)27-20-10-8-18(9-11-20)24(30)23-22-7-4-13-29(22)15-19-12-14-32-26(19)28-23/h3-14,23,28H,15H2,1-2H3,(H,27,31). The number of nitrogens with one attached hydrogen (secondary N) is 2. The van der Waals surface area contributed by atoms with E-state index in [1.807, 2.05) is 55.8 Å². The molecule has 5 nitrogen and oxygen atoms in total. The molecule has 0 aliphatic carbocycles. The Morgan fingerprint density at radius 1 is 1.03 bits per heavy atom. The van der Waals surface area contributed by atoms with Crippen molar-refractivity contribution in [1.29, 1.82) is 0 Å². The van der Waals surface area contributed by atoms with Gasteiger partial charge in [0.15, 0.2) is 5.78 Å². The van der Waals surface area contributed by atoms with Gasteiger partial charge in [0.25, 0.3) is 5.91 Å². The molecule has 3 heterocycles. The average molecular weight is 442 g/mol. The van der Waals surface area contributed by atoms with E-state index in [2.05, 4.69) is 21.3 Å². The quantitative estimate of drug-likeness (QED) is 0.393. The molecule has 32 heavy (non-hydrogen) atoms. The number of ketones is 1. The Hall–Kier alpha value is -3.64. The summed E-state index contributed by atoms with van der Waals surface area (Å²) in [5.74, 6) is -0.155. The minimum atomic E-state index is -0.458. The summed E-state index contributed by atoms with van der Waals surface area (Å²) in [4.78, 5) is 26.1. The van der Waals surface area contributed by atoms with Gasteiger partial charge in [-0.25, -0.2) is 0 Å². The van der Waals surface area contributed by atoms with Crippen LogP contribution in [-0.4, -0.2) is 16.3 Å². The second-order valence-corrected chi connectivity index (χ2v) is 8.97. The number of rotatable bonds is 4. The van der Waals surface area contributed by atoms with E-state index in [9.17, 15) is 9.59 Å². The molecule has 160 valence electrons. The number of nitrogens with zero attached hydrogens (tertiary/aromatic N) is 1. The Bertz CT molecular complexity index is 1320. The minimum absolute atomic E-state index is 0.00129. The topological polar surface area (TPSA) is 63.1 Å². The number of hydrogen-bond acceptors (Lipinski definition) is 4. The molecule has 0 spiro atoms. The van der Waals surface area contributed by atoms with E-state index < -0.39 is 6.04 Å². The van der Waals surface area contributed by atoms with Crippen LogP contribution in [0.1, 0.15) is 49.1 Å². The Morgan fingerprint density at radius 3 is 2.66 bits per heavy atom. The monoisotopic (exact) mass is 441 g/mol. The van der Waals surface area contributed by atoms with Crippen LogP contribution in [0, 0.1) is 13.8 Å². The van der Waals surface area contributed by atoms with E-state index in [-0.39, 0.29) is 11.7 Å². The fourth-order valence-electron chi connectivity index (χ4n) is 4.09. The molecule has 1 aliphatic rings. The maximum atomic E-state index is 13.4. The van der Waals surface area contributed by atoms with Gasteiger partial charge in [0, 0.05) is 34.3 Å². The summed E-state index contributed by atoms with van der Waals surface area (Å²) in [7, 11) is 0. The van der Waals surface area contributed by atoms with Gasteiger partial charge in [0.05, 0.1) is 11.5 Å². The number of aromatic nitrogens is 1. The minimum Gasteiger partial charge on any atom is -0.362 e. The molecule has 1 unspecified atom stereocenters. The van der Waals surface area contributed by atoms with E-state index in [1.54, 1.807) is 35.6 Å². The van der Waals surface area contributed by atoms with Crippen molar-refractivity contribution < 1.29 is 9.59 Å². The summed E-state index contributed by atoms with van der Waals surface area (Å²) in [6.07, 6.45) is 2.01. The van der Waals surface area contributed by atoms with Crippen LogP contribution in [0.3, 0.4) is 0 Å². The molecule has 0 fully saturated rings. The third-order valence-electron chi connectivity index (χ3n) is 6.06. The van der Waals surface area contributed by atoms with Gasteiger partial charge >= 0.3 is 0 Å². The van der Waals surface area contributed by atoms with Crippen molar-refractivity contribution in [3.05, 3.63) is 106 Å². The molecule has 1 atom stereocenters. The molecule has 5 rings (SSSR count). The van der Waals surface area contributed by atoms with Gasteiger partial charge in [-0.1, -0.05) is 12.1 Å². The van der Waals surface area contributed by atoms with Crippen LogP contribution >= 0.6 is 11.3 Å². The highest BCUT2D eigenvalue weighted by molar-refractivity contribution is 7.14. The van der Waals surface area contributed by atoms with Crippen LogP contribution < -0.4 is 10.6 Å². The number of amides is 1. The van der Waals surface area contributed by atoms with E-state index in [0.29, 0.717) is 16.8 Å². The van der Waals surface area contributed by atoms with Gasteiger partial charge in [-0.15, -0.1) is 11.3 Å². The molecule has 4 aromatic rings. The lowest BCUT2D eigenvalue weighted by molar-refractivity contribution is 0.0966. The predicted molar refractivity (Wildman–Crippen MR) is 129 cm³/mol. The van der Waals surface area contributed by atoms with Crippen molar-refractivity contribution in [2.75, 3.05) is 10.6 Å². The van der Waals surface area contributed by atoms with Gasteiger partial charge in [-0.05, 0) is 78.9 Å². The first-order valence-electron chi connectivity index (χ1n) is 10.5. The first kappa shape index (κ1) is 20.3. The van der Waals surface area contributed by atoms with Gasteiger partial charge in [-0.3, -0.25) is 9.59 Å². The predicted octanol–water partition coefficient (Wildman–Crippen LogP) is 5.82.